The van der Waals surface area contributed by atoms with Crippen LogP contribution in [0.5, 0.6) is 5.75 Å². The molecule has 0 heterocycles. The Labute approximate surface area is 113 Å². The fourth-order valence-corrected chi connectivity index (χ4v) is 1.54. The van der Waals surface area contributed by atoms with Crippen molar-refractivity contribution in [2.24, 2.45) is 4.40 Å². The number of alkyl halides is 3. The fourth-order valence-electron chi connectivity index (χ4n) is 1.06. The molecule has 1 aromatic carbocycles. The van der Waals surface area contributed by atoms with Gasteiger partial charge in [0.15, 0.2) is 0 Å². The lowest BCUT2D eigenvalue weighted by atomic mass is 10.2. The van der Waals surface area contributed by atoms with Gasteiger partial charge in [0, 0.05) is 16.5 Å². The first-order chi connectivity index (χ1) is 8.57. The van der Waals surface area contributed by atoms with Crippen LogP contribution in [0.15, 0.2) is 22.6 Å². The lowest BCUT2D eigenvalue weighted by Gasteiger charge is -2.12. The van der Waals surface area contributed by atoms with Gasteiger partial charge in [-0.15, -0.1) is 13.2 Å². The van der Waals surface area contributed by atoms with E-state index in [1.165, 1.54) is 18.2 Å². The molecule has 0 amide bonds. The third-order valence-corrected chi connectivity index (χ3v) is 2.48. The molecule has 0 aromatic heterocycles. The number of hydrogen-bond donors (Lipinski definition) is 0. The summed E-state index contributed by atoms with van der Waals surface area (Å²) in [5.41, 5.74) is -0.0569. The zero-order valence-corrected chi connectivity index (χ0v) is 11.4. The summed E-state index contributed by atoms with van der Waals surface area (Å²) in [6.45, 7) is 5.73. The summed E-state index contributed by atoms with van der Waals surface area (Å²) in [4.78, 5) is 0. The van der Waals surface area contributed by atoms with Gasteiger partial charge in [-0.2, -0.15) is 0 Å². The number of hydrogen-bond acceptors (Lipinski definition) is 3. The standard InChI is InChI=1S/C12H13F4NOS/c1-11(2,3)19-17-7-8-6-9(4-5-10(8)13)18-12(14,15)16/h4-7H,1-3H3. The fraction of sp³-hybridized carbons (Fsp3) is 0.417. The van der Waals surface area contributed by atoms with Gasteiger partial charge in [-0.3, -0.25) is 0 Å². The molecule has 0 fully saturated rings. The number of halogens is 4. The van der Waals surface area contributed by atoms with Crippen molar-refractivity contribution in [2.75, 3.05) is 0 Å². The summed E-state index contributed by atoms with van der Waals surface area (Å²) in [5, 5.41) is 0. The van der Waals surface area contributed by atoms with E-state index in [0.717, 1.165) is 18.2 Å². The summed E-state index contributed by atoms with van der Waals surface area (Å²) in [7, 11) is 0. The number of rotatable bonds is 3. The lowest BCUT2D eigenvalue weighted by Crippen LogP contribution is -2.17. The smallest absolute Gasteiger partial charge is 0.406 e. The van der Waals surface area contributed by atoms with E-state index < -0.39 is 17.9 Å². The molecule has 106 valence electrons. The highest BCUT2D eigenvalue weighted by Crippen LogP contribution is 2.26. The summed E-state index contributed by atoms with van der Waals surface area (Å²) < 4.78 is 56.9. The zero-order chi connectivity index (χ0) is 14.7. The van der Waals surface area contributed by atoms with E-state index in [-0.39, 0.29) is 10.3 Å². The van der Waals surface area contributed by atoms with E-state index in [1.807, 2.05) is 20.8 Å². The molecule has 0 N–H and O–H groups in total. The van der Waals surface area contributed by atoms with Gasteiger partial charge in [0.1, 0.15) is 11.6 Å². The molecule has 1 aromatic rings. The van der Waals surface area contributed by atoms with Gasteiger partial charge in [0.25, 0.3) is 0 Å². The Kier molecular flexibility index (Phi) is 4.84. The van der Waals surface area contributed by atoms with Crippen molar-refractivity contribution < 1.29 is 22.3 Å². The molecule has 0 atom stereocenters. The van der Waals surface area contributed by atoms with Gasteiger partial charge in [-0.25, -0.2) is 8.79 Å². The van der Waals surface area contributed by atoms with Crippen LogP contribution in [-0.4, -0.2) is 17.3 Å². The normalized spacial score (nSPS) is 13.0. The quantitative estimate of drug-likeness (QED) is 0.462. The Morgan fingerprint density at radius 1 is 1.21 bits per heavy atom. The number of benzene rings is 1. The molecule has 7 heteroatoms. The maximum atomic E-state index is 13.4. The molecule has 1 rings (SSSR count). The minimum atomic E-state index is -4.80. The molecule has 0 spiro atoms. The Balaban J connectivity index is 2.86. The third kappa shape index (κ3) is 6.47. The molecule has 0 saturated carbocycles. The van der Waals surface area contributed by atoms with E-state index in [0.29, 0.717) is 0 Å². The highest BCUT2D eigenvalue weighted by Gasteiger charge is 2.31. The topological polar surface area (TPSA) is 21.6 Å². The van der Waals surface area contributed by atoms with Crippen LogP contribution in [0.4, 0.5) is 17.6 Å². The van der Waals surface area contributed by atoms with Crippen LogP contribution in [0, 0.1) is 5.82 Å². The minimum absolute atomic E-state index is 0.0569. The summed E-state index contributed by atoms with van der Waals surface area (Å²) >= 11 is 1.20. The van der Waals surface area contributed by atoms with Gasteiger partial charge in [0.2, 0.25) is 0 Å². The van der Waals surface area contributed by atoms with Gasteiger partial charge in [-0.05, 0) is 50.9 Å². The summed E-state index contributed by atoms with van der Waals surface area (Å²) in [6.07, 6.45) is -3.62. The van der Waals surface area contributed by atoms with E-state index in [9.17, 15) is 17.6 Å². The average molecular weight is 295 g/mol. The van der Waals surface area contributed by atoms with Crippen molar-refractivity contribution in [1.29, 1.82) is 0 Å². The second kappa shape index (κ2) is 5.81. The van der Waals surface area contributed by atoms with Crippen LogP contribution < -0.4 is 4.74 Å². The highest BCUT2D eigenvalue weighted by molar-refractivity contribution is 7.99. The van der Waals surface area contributed by atoms with Crippen LogP contribution in [0.1, 0.15) is 26.3 Å². The number of ether oxygens (including phenoxy) is 1. The van der Waals surface area contributed by atoms with Crippen LogP contribution >= 0.6 is 11.9 Å². The first-order valence-electron chi connectivity index (χ1n) is 5.34. The molecule has 19 heavy (non-hydrogen) atoms. The van der Waals surface area contributed by atoms with Crippen molar-refractivity contribution >= 4 is 18.2 Å². The lowest BCUT2D eigenvalue weighted by molar-refractivity contribution is -0.274. The Hall–Kier alpha value is -1.24. The maximum absolute atomic E-state index is 13.4. The second-order valence-electron chi connectivity index (χ2n) is 4.67. The second-order valence-corrected chi connectivity index (χ2v) is 6.29. The van der Waals surface area contributed by atoms with Gasteiger partial charge in [0.05, 0.1) is 0 Å². The minimum Gasteiger partial charge on any atom is -0.406 e. The number of nitrogens with zero attached hydrogens (tertiary/aromatic N) is 1. The van der Waals surface area contributed by atoms with Gasteiger partial charge >= 0.3 is 6.36 Å². The monoisotopic (exact) mass is 295 g/mol. The largest absolute Gasteiger partial charge is 0.573 e. The van der Waals surface area contributed by atoms with Gasteiger partial charge < -0.3 is 4.74 Å². The molecular formula is C12H13F4NOS. The Morgan fingerprint density at radius 2 is 1.84 bits per heavy atom. The molecule has 0 aliphatic rings. The Bertz CT molecular complexity index is 466. The molecule has 0 radical (unpaired) electrons. The van der Waals surface area contributed by atoms with Crippen LogP contribution in [-0.2, 0) is 0 Å². The average Bonchev–Trinajstić information content (AvgIpc) is 2.18. The first-order valence-corrected chi connectivity index (χ1v) is 6.11. The molecule has 0 aliphatic heterocycles. The Morgan fingerprint density at radius 3 is 2.37 bits per heavy atom. The van der Waals surface area contributed by atoms with E-state index in [4.69, 9.17) is 0 Å². The predicted molar refractivity (Wildman–Crippen MR) is 68.0 cm³/mol. The molecule has 2 nitrogen and oxygen atoms in total. The maximum Gasteiger partial charge on any atom is 0.573 e. The third-order valence-electron chi connectivity index (χ3n) is 1.72. The van der Waals surface area contributed by atoms with E-state index in [2.05, 4.69) is 9.13 Å². The van der Waals surface area contributed by atoms with Crippen molar-refractivity contribution in [1.82, 2.24) is 0 Å². The van der Waals surface area contributed by atoms with Crippen LogP contribution in [0.2, 0.25) is 0 Å². The molecule has 0 aliphatic carbocycles. The van der Waals surface area contributed by atoms with Crippen molar-refractivity contribution in [3.8, 4) is 5.75 Å². The predicted octanol–water partition coefficient (Wildman–Crippen LogP) is 4.59. The van der Waals surface area contributed by atoms with Gasteiger partial charge in [-0.1, -0.05) is 0 Å². The molecule has 0 saturated heterocycles. The first kappa shape index (κ1) is 15.8. The molecular weight excluding hydrogens is 282 g/mol. The van der Waals surface area contributed by atoms with Crippen molar-refractivity contribution in [3.63, 3.8) is 0 Å². The van der Waals surface area contributed by atoms with Crippen LogP contribution in [0.3, 0.4) is 0 Å². The van der Waals surface area contributed by atoms with E-state index >= 15 is 0 Å². The van der Waals surface area contributed by atoms with Crippen LogP contribution in [0.25, 0.3) is 0 Å². The van der Waals surface area contributed by atoms with Crippen molar-refractivity contribution in [2.45, 2.75) is 31.9 Å². The summed E-state index contributed by atoms with van der Waals surface area (Å²) in [5.74, 6) is -1.14. The SMILES string of the molecule is CC(C)(C)SN=Cc1cc(OC(F)(F)F)ccc1F. The summed E-state index contributed by atoms with van der Waals surface area (Å²) in [6, 6.07) is 2.77. The molecule has 0 bridgehead atoms. The highest BCUT2D eigenvalue weighted by atomic mass is 32.2. The zero-order valence-electron chi connectivity index (χ0n) is 10.6. The van der Waals surface area contributed by atoms with E-state index in [1.54, 1.807) is 0 Å². The van der Waals surface area contributed by atoms with Crippen molar-refractivity contribution in [3.05, 3.63) is 29.6 Å². The molecule has 0 unspecified atom stereocenters.